The summed E-state index contributed by atoms with van der Waals surface area (Å²) >= 11 is 0. The van der Waals surface area contributed by atoms with Crippen LogP contribution in [0.4, 0.5) is 5.95 Å². The fourth-order valence-corrected chi connectivity index (χ4v) is 3.55. The minimum Gasteiger partial charge on any atom is -0.493 e. The van der Waals surface area contributed by atoms with Crippen LogP contribution in [0, 0.1) is 0 Å². The van der Waals surface area contributed by atoms with Gasteiger partial charge in [-0.1, -0.05) is 0 Å². The van der Waals surface area contributed by atoms with Crippen molar-refractivity contribution in [1.29, 1.82) is 0 Å². The van der Waals surface area contributed by atoms with E-state index in [-0.39, 0.29) is 11.5 Å². The molecule has 0 aliphatic carbocycles. The summed E-state index contributed by atoms with van der Waals surface area (Å²) in [5.74, 6) is 1.50. The summed E-state index contributed by atoms with van der Waals surface area (Å²) in [6.07, 6.45) is 2.50. The molecule has 9 nitrogen and oxygen atoms in total. The van der Waals surface area contributed by atoms with Crippen LogP contribution in [0.3, 0.4) is 0 Å². The lowest BCUT2D eigenvalue weighted by Crippen LogP contribution is -2.35. The Balaban J connectivity index is 1.58. The number of hydrogen-bond acceptors (Lipinski definition) is 7. The van der Waals surface area contributed by atoms with Crippen molar-refractivity contribution in [2.45, 2.75) is 19.5 Å². The van der Waals surface area contributed by atoms with Crippen LogP contribution in [0.15, 0.2) is 29.2 Å². The van der Waals surface area contributed by atoms with Crippen LogP contribution < -0.4 is 20.8 Å². The molecule has 1 aromatic carbocycles. The van der Waals surface area contributed by atoms with Gasteiger partial charge in [-0.3, -0.25) is 19.8 Å². The van der Waals surface area contributed by atoms with Crippen molar-refractivity contribution in [3.8, 4) is 22.8 Å². The number of nitrogens with zero attached hydrogens (tertiary/aromatic N) is 3. The quantitative estimate of drug-likeness (QED) is 0.608. The molecule has 9 heteroatoms. The van der Waals surface area contributed by atoms with Crippen LogP contribution in [0.5, 0.6) is 11.5 Å². The Morgan fingerprint density at radius 2 is 2.07 bits per heavy atom. The maximum Gasteiger partial charge on any atom is 0.257 e. The molecule has 0 atom stereocenters. The van der Waals surface area contributed by atoms with Crippen molar-refractivity contribution in [2.24, 2.45) is 0 Å². The summed E-state index contributed by atoms with van der Waals surface area (Å²) < 4.78 is 10.7. The van der Waals surface area contributed by atoms with E-state index in [4.69, 9.17) is 15.2 Å². The molecule has 2 aromatic heterocycles. The van der Waals surface area contributed by atoms with E-state index in [1.165, 1.54) is 0 Å². The SMILES string of the molecule is COc1ccc(-c2[nH]ncc2CN2CCc3nc(N)[nH]c(=O)c3C2)cc1OC. The van der Waals surface area contributed by atoms with Crippen molar-refractivity contribution < 1.29 is 9.47 Å². The molecule has 28 heavy (non-hydrogen) atoms. The maximum atomic E-state index is 12.2. The Labute approximate surface area is 161 Å². The van der Waals surface area contributed by atoms with Gasteiger partial charge in [0.1, 0.15) is 0 Å². The topological polar surface area (TPSA) is 122 Å². The summed E-state index contributed by atoms with van der Waals surface area (Å²) in [4.78, 5) is 21.2. The maximum absolute atomic E-state index is 12.2. The second-order valence-electron chi connectivity index (χ2n) is 6.68. The smallest absolute Gasteiger partial charge is 0.257 e. The Kier molecular flexibility index (Phi) is 4.74. The fourth-order valence-electron chi connectivity index (χ4n) is 3.55. The van der Waals surface area contributed by atoms with Crippen LogP contribution in [-0.4, -0.2) is 45.8 Å². The highest BCUT2D eigenvalue weighted by atomic mass is 16.5. The number of ether oxygens (including phenoxy) is 2. The zero-order valence-electron chi connectivity index (χ0n) is 15.8. The number of nitrogens with one attached hydrogen (secondary N) is 2. The summed E-state index contributed by atoms with van der Waals surface area (Å²) in [6, 6.07) is 5.74. The number of H-pyrrole nitrogens is 2. The van der Waals surface area contributed by atoms with E-state index in [9.17, 15) is 4.79 Å². The number of nitrogen functional groups attached to an aromatic ring is 1. The summed E-state index contributed by atoms with van der Waals surface area (Å²) in [7, 11) is 3.22. The number of aromatic amines is 2. The third kappa shape index (κ3) is 3.31. The fraction of sp³-hybridized carbons (Fsp3) is 0.316. The first-order valence-electron chi connectivity index (χ1n) is 8.93. The number of anilines is 1. The third-order valence-electron chi connectivity index (χ3n) is 4.95. The molecule has 0 unspecified atom stereocenters. The molecule has 0 fully saturated rings. The van der Waals surface area contributed by atoms with Gasteiger partial charge in [0, 0.05) is 37.2 Å². The Hall–Kier alpha value is -3.33. The molecular weight excluding hydrogens is 360 g/mol. The first-order chi connectivity index (χ1) is 13.6. The Morgan fingerprint density at radius 1 is 1.25 bits per heavy atom. The largest absolute Gasteiger partial charge is 0.493 e. The van der Waals surface area contributed by atoms with Crippen LogP contribution >= 0.6 is 0 Å². The summed E-state index contributed by atoms with van der Waals surface area (Å²) in [6.45, 7) is 1.97. The monoisotopic (exact) mass is 382 g/mol. The van der Waals surface area contributed by atoms with Gasteiger partial charge in [-0.15, -0.1) is 0 Å². The van der Waals surface area contributed by atoms with Gasteiger partial charge in [0.2, 0.25) is 5.95 Å². The number of fused-ring (bicyclic) bond motifs is 1. The number of methoxy groups -OCH3 is 2. The number of nitrogens with two attached hydrogens (primary N) is 1. The van der Waals surface area contributed by atoms with Crippen molar-refractivity contribution in [2.75, 3.05) is 26.5 Å². The Morgan fingerprint density at radius 3 is 2.86 bits per heavy atom. The zero-order chi connectivity index (χ0) is 19.7. The van der Waals surface area contributed by atoms with E-state index in [0.29, 0.717) is 36.6 Å². The van der Waals surface area contributed by atoms with Crippen molar-refractivity contribution >= 4 is 5.95 Å². The number of aromatic nitrogens is 4. The first kappa shape index (κ1) is 18.1. The van der Waals surface area contributed by atoms with Crippen molar-refractivity contribution in [1.82, 2.24) is 25.1 Å². The molecule has 0 saturated carbocycles. The molecule has 1 aliphatic heterocycles. The van der Waals surface area contributed by atoms with Crippen molar-refractivity contribution in [3.63, 3.8) is 0 Å². The number of hydrogen-bond donors (Lipinski definition) is 3. The molecule has 146 valence electrons. The molecule has 0 spiro atoms. The summed E-state index contributed by atoms with van der Waals surface area (Å²) in [5.41, 5.74) is 9.84. The highest BCUT2D eigenvalue weighted by molar-refractivity contribution is 5.66. The van der Waals surface area contributed by atoms with Crippen LogP contribution in [0.1, 0.15) is 16.8 Å². The molecule has 4 N–H and O–H groups in total. The lowest BCUT2D eigenvalue weighted by Gasteiger charge is -2.27. The molecule has 0 saturated heterocycles. The van der Waals surface area contributed by atoms with Gasteiger partial charge < -0.3 is 15.2 Å². The van der Waals surface area contributed by atoms with Crippen LogP contribution in [-0.2, 0) is 19.5 Å². The van der Waals surface area contributed by atoms with Gasteiger partial charge in [0.25, 0.3) is 5.56 Å². The standard InChI is InChI=1S/C19H22N6O3/c1-27-15-4-3-11(7-16(15)28-2)17-12(8-21-24-17)9-25-6-5-14-13(10-25)18(26)23-19(20)22-14/h3-4,7-8H,5-6,9-10H2,1-2H3,(H,21,24)(H3,20,22,23,26). The van der Waals surface area contributed by atoms with Gasteiger partial charge >= 0.3 is 0 Å². The van der Waals surface area contributed by atoms with E-state index in [1.54, 1.807) is 14.2 Å². The molecule has 3 aromatic rings. The van der Waals surface area contributed by atoms with E-state index < -0.39 is 0 Å². The molecular formula is C19H22N6O3. The molecule has 0 bridgehead atoms. The van der Waals surface area contributed by atoms with E-state index >= 15 is 0 Å². The second-order valence-corrected chi connectivity index (χ2v) is 6.68. The predicted molar refractivity (Wildman–Crippen MR) is 104 cm³/mol. The van der Waals surface area contributed by atoms with Gasteiger partial charge in [-0.2, -0.15) is 5.10 Å². The molecule has 4 rings (SSSR count). The van der Waals surface area contributed by atoms with E-state index in [2.05, 4.69) is 25.1 Å². The van der Waals surface area contributed by atoms with Crippen molar-refractivity contribution in [3.05, 3.63) is 51.6 Å². The Bertz CT molecular complexity index is 1060. The highest BCUT2D eigenvalue weighted by Crippen LogP contribution is 2.33. The third-order valence-corrected chi connectivity index (χ3v) is 4.95. The highest BCUT2D eigenvalue weighted by Gasteiger charge is 2.22. The first-order valence-corrected chi connectivity index (χ1v) is 8.93. The molecule has 3 heterocycles. The molecule has 0 amide bonds. The number of rotatable bonds is 5. The zero-order valence-corrected chi connectivity index (χ0v) is 15.8. The minimum atomic E-state index is -0.167. The molecule has 0 radical (unpaired) electrons. The van der Waals surface area contributed by atoms with Crippen LogP contribution in [0.25, 0.3) is 11.3 Å². The van der Waals surface area contributed by atoms with Gasteiger partial charge in [0.05, 0.1) is 37.4 Å². The normalized spacial score (nSPS) is 13.9. The predicted octanol–water partition coefficient (Wildman–Crippen LogP) is 1.32. The summed E-state index contributed by atoms with van der Waals surface area (Å²) in [5, 5.41) is 7.28. The second kappa shape index (κ2) is 7.35. The minimum absolute atomic E-state index is 0.167. The lowest BCUT2D eigenvalue weighted by molar-refractivity contribution is 0.242. The lowest BCUT2D eigenvalue weighted by atomic mass is 10.0. The van der Waals surface area contributed by atoms with E-state index in [1.807, 2.05) is 24.4 Å². The average molecular weight is 382 g/mol. The van der Waals surface area contributed by atoms with Gasteiger partial charge in [-0.25, -0.2) is 4.98 Å². The average Bonchev–Trinajstić information content (AvgIpc) is 3.16. The molecule has 1 aliphatic rings. The number of benzene rings is 1. The van der Waals surface area contributed by atoms with Gasteiger partial charge in [0.15, 0.2) is 11.5 Å². The van der Waals surface area contributed by atoms with Gasteiger partial charge in [-0.05, 0) is 18.2 Å². The van der Waals surface area contributed by atoms with Crippen LogP contribution in [0.2, 0.25) is 0 Å². The van der Waals surface area contributed by atoms with E-state index in [0.717, 1.165) is 29.1 Å².